The fourth-order valence-electron chi connectivity index (χ4n) is 1.48. The normalized spacial score (nSPS) is 20.1. The first kappa shape index (κ1) is 10.1. The summed E-state index contributed by atoms with van der Waals surface area (Å²) in [6.07, 6.45) is 5.81. The molecule has 2 heteroatoms. The molecule has 1 unspecified atom stereocenters. The highest BCUT2D eigenvalue weighted by molar-refractivity contribution is 5.32. The Labute approximate surface area is 90.2 Å². The van der Waals surface area contributed by atoms with Crippen LogP contribution in [0.1, 0.15) is 24.8 Å². The van der Waals surface area contributed by atoms with Gasteiger partial charge >= 0.3 is 0 Å². The molecule has 15 heavy (non-hydrogen) atoms. The molecule has 0 radical (unpaired) electrons. The largest absolute Gasteiger partial charge is 0.414 e. The van der Waals surface area contributed by atoms with Crippen molar-refractivity contribution in [2.75, 3.05) is 6.61 Å². The average molecular weight is 202 g/mol. The van der Waals surface area contributed by atoms with Crippen LogP contribution in [-0.4, -0.2) is 12.9 Å². The maximum atomic E-state index is 5.39. The van der Waals surface area contributed by atoms with Crippen molar-refractivity contribution in [1.82, 2.24) is 0 Å². The van der Waals surface area contributed by atoms with Crippen molar-refractivity contribution in [1.29, 1.82) is 0 Å². The maximum absolute atomic E-state index is 5.39. The second-order valence-corrected chi connectivity index (χ2v) is 3.51. The van der Waals surface area contributed by atoms with Crippen molar-refractivity contribution in [2.45, 2.75) is 25.6 Å². The Kier molecular flexibility index (Phi) is 3.64. The molecule has 0 saturated carbocycles. The van der Waals surface area contributed by atoms with E-state index in [1.807, 2.05) is 30.3 Å². The van der Waals surface area contributed by atoms with Gasteiger partial charge in [-0.3, -0.25) is 0 Å². The zero-order chi connectivity index (χ0) is 10.3. The third-order valence-electron chi connectivity index (χ3n) is 2.30. The molecule has 0 aromatic heterocycles. The monoisotopic (exact) mass is 202 g/mol. The van der Waals surface area contributed by atoms with E-state index >= 15 is 0 Å². The Morgan fingerprint density at radius 1 is 1.20 bits per heavy atom. The zero-order valence-electron chi connectivity index (χ0n) is 8.61. The van der Waals surface area contributed by atoms with Crippen molar-refractivity contribution in [3.63, 3.8) is 0 Å². The van der Waals surface area contributed by atoms with Crippen molar-refractivity contribution < 1.29 is 9.47 Å². The van der Waals surface area contributed by atoms with Gasteiger partial charge in [0.1, 0.15) is 6.11 Å². The van der Waals surface area contributed by atoms with Crippen LogP contribution in [0, 0.1) is 12.0 Å². The number of rotatable bonds is 1. The summed E-state index contributed by atoms with van der Waals surface area (Å²) in [7, 11) is 0. The molecule has 1 saturated heterocycles. The number of ether oxygens (including phenoxy) is 2. The lowest BCUT2D eigenvalue weighted by atomic mass is 10.2. The van der Waals surface area contributed by atoms with E-state index in [0.29, 0.717) is 0 Å². The molecule has 1 aromatic carbocycles. The standard InChI is InChI=1S/C13H14O2/c1-2-6-12(7-3-1)9-11-15-13-8-4-5-10-14-13/h1-3,6-7,13H,4-5,8,10H2. The van der Waals surface area contributed by atoms with Gasteiger partial charge in [-0.15, -0.1) is 0 Å². The van der Waals surface area contributed by atoms with Crippen LogP contribution in [-0.2, 0) is 9.47 Å². The Morgan fingerprint density at radius 3 is 2.80 bits per heavy atom. The lowest BCUT2D eigenvalue weighted by Crippen LogP contribution is -2.20. The Balaban J connectivity index is 1.84. The first-order valence-electron chi connectivity index (χ1n) is 5.28. The minimum atomic E-state index is -0.130. The van der Waals surface area contributed by atoms with Crippen LogP contribution in [0.15, 0.2) is 30.3 Å². The number of hydrogen-bond acceptors (Lipinski definition) is 2. The Hall–Kier alpha value is -1.46. The average Bonchev–Trinajstić information content (AvgIpc) is 2.32. The molecule has 1 fully saturated rings. The second kappa shape index (κ2) is 5.43. The summed E-state index contributed by atoms with van der Waals surface area (Å²) in [4.78, 5) is 0. The minimum absolute atomic E-state index is 0.130. The molecule has 0 spiro atoms. The fourth-order valence-corrected chi connectivity index (χ4v) is 1.48. The van der Waals surface area contributed by atoms with Crippen molar-refractivity contribution in [3.05, 3.63) is 35.9 Å². The number of benzene rings is 1. The third kappa shape index (κ3) is 3.30. The molecule has 0 N–H and O–H groups in total. The van der Waals surface area contributed by atoms with E-state index in [2.05, 4.69) is 12.0 Å². The predicted molar refractivity (Wildman–Crippen MR) is 58.0 cm³/mol. The first-order valence-corrected chi connectivity index (χ1v) is 5.28. The quantitative estimate of drug-likeness (QED) is 0.651. The smallest absolute Gasteiger partial charge is 0.210 e. The second-order valence-electron chi connectivity index (χ2n) is 3.51. The molecule has 1 heterocycles. The molecular weight excluding hydrogens is 188 g/mol. The van der Waals surface area contributed by atoms with Crippen LogP contribution in [0.2, 0.25) is 0 Å². The Bertz CT molecular complexity index is 342. The summed E-state index contributed by atoms with van der Waals surface area (Å²) in [5.41, 5.74) is 0.966. The molecule has 0 amide bonds. The van der Waals surface area contributed by atoms with E-state index in [1.54, 1.807) is 0 Å². The van der Waals surface area contributed by atoms with Crippen LogP contribution in [0.25, 0.3) is 0 Å². The van der Waals surface area contributed by atoms with Gasteiger partial charge < -0.3 is 9.47 Å². The van der Waals surface area contributed by atoms with E-state index in [4.69, 9.17) is 9.47 Å². The van der Waals surface area contributed by atoms with E-state index < -0.39 is 0 Å². The minimum Gasteiger partial charge on any atom is -0.414 e. The summed E-state index contributed by atoms with van der Waals surface area (Å²) in [6.45, 7) is 0.789. The topological polar surface area (TPSA) is 18.5 Å². The SMILES string of the molecule is C(#Cc1ccccc1)OC1CCCCO1. The van der Waals surface area contributed by atoms with Crippen molar-refractivity contribution >= 4 is 0 Å². The van der Waals surface area contributed by atoms with Crippen LogP contribution in [0.3, 0.4) is 0 Å². The summed E-state index contributed by atoms with van der Waals surface area (Å²) in [5, 5.41) is 0. The van der Waals surface area contributed by atoms with Crippen LogP contribution in [0.4, 0.5) is 0 Å². The Morgan fingerprint density at radius 2 is 2.07 bits per heavy atom. The maximum Gasteiger partial charge on any atom is 0.210 e. The summed E-state index contributed by atoms with van der Waals surface area (Å²) in [6, 6.07) is 9.80. The van der Waals surface area contributed by atoms with Crippen molar-refractivity contribution in [2.24, 2.45) is 0 Å². The molecule has 2 rings (SSSR count). The van der Waals surface area contributed by atoms with Crippen molar-refractivity contribution in [3.8, 4) is 12.0 Å². The molecule has 1 aliphatic rings. The van der Waals surface area contributed by atoms with Gasteiger partial charge in [0.2, 0.25) is 6.29 Å². The van der Waals surface area contributed by atoms with Gasteiger partial charge in [-0.2, -0.15) is 0 Å². The highest BCUT2D eigenvalue weighted by Crippen LogP contribution is 2.12. The molecule has 0 bridgehead atoms. The van der Waals surface area contributed by atoms with E-state index in [-0.39, 0.29) is 6.29 Å². The highest BCUT2D eigenvalue weighted by Gasteiger charge is 2.12. The molecule has 0 aliphatic carbocycles. The summed E-state index contributed by atoms with van der Waals surface area (Å²) < 4.78 is 10.7. The predicted octanol–water partition coefficient (Wildman–Crippen LogP) is 2.54. The zero-order valence-corrected chi connectivity index (χ0v) is 8.61. The molecular formula is C13H14O2. The van der Waals surface area contributed by atoms with Gasteiger partial charge in [-0.05, 0) is 30.9 Å². The van der Waals surface area contributed by atoms with E-state index in [9.17, 15) is 0 Å². The first-order chi connectivity index (χ1) is 7.45. The van der Waals surface area contributed by atoms with Gasteiger partial charge in [-0.25, -0.2) is 0 Å². The van der Waals surface area contributed by atoms with Gasteiger partial charge in [-0.1, -0.05) is 18.2 Å². The van der Waals surface area contributed by atoms with E-state index in [0.717, 1.165) is 31.4 Å². The molecule has 1 aromatic rings. The molecule has 1 atom stereocenters. The number of hydrogen-bond donors (Lipinski definition) is 0. The van der Waals surface area contributed by atoms with Gasteiger partial charge in [0.05, 0.1) is 6.61 Å². The fraction of sp³-hybridized carbons (Fsp3) is 0.385. The lowest BCUT2D eigenvalue weighted by Gasteiger charge is -2.19. The van der Waals surface area contributed by atoms with E-state index in [1.165, 1.54) is 0 Å². The molecule has 78 valence electrons. The third-order valence-corrected chi connectivity index (χ3v) is 2.30. The van der Waals surface area contributed by atoms with Crippen LogP contribution < -0.4 is 0 Å². The lowest BCUT2D eigenvalue weighted by molar-refractivity contribution is -0.121. The van der Waals surface area contributed by atoms with Crippen LogP contribution >= 0.6 is 0 Å². The summed E-state index contributed by atoms with van der Waals surface area (Å²) >= 11 is 0. The molecule has 2 nitrogen and oxygen atoms in total. The van der Waals surface area contributed by atoms with Gasteiger partial charge in [0.25, 0.3) is 0 Å². The summed E-state index contributed by atoms with van der Waals surface area (Å²) in [5.74, 6) is 2.94. The highest BCUT2D eigenvalue weighted by atomic mass is 16.7. The van der Waals surface area contributed by atoms with Gasteiger partial charge in [0.15, 0.2) is 0 Å². The van der Waals surface area contributed by atoms with Gasteiger partial charge in [0, 0.05) is 12.0 Å². The molecule has 1 aliphatic heterocycles. The van der Waals surface area contributed by atoms with Crippen LogP contribution in [0.5, 0.6) is 0 Å².